The van der Waals surface area contributed by atoms with Gasteiger partial charge in [0.1, 0.15) is 0 Å². The Kier molecular flexibility index (Phi) is 9.15. The van der Waals surface area contributed by atoms with Crippen molar-refractivity contribution in [2.45, 2.75) is 31.1 Å². The van der Waals surface area contributed by atoms with Gasteiger partial charge in [-0.2, -0.15) is 0 Å². The Labute approximate surface area is 149 Å². The largest absolute Gasteiger partial charge is 0.370 e. The lowest BCUT2D eigenvalue weighted by Gasteiger charge is -2.31. The summed E-state index contributed by atoms with van der Waals surface area (Å²) in [6, 6.07) is 10.5. The molecule has 1 heterocycles. The number of likely N-dealkylation sites (tertiary alicyclic amines) is 1. The van der Waals surface area contributed by atoms with Crippen LogP contribution in [-0.2, 0) is 0 Å². The highest BCUT2D eigenvalue weighted by Gasteiger charge is 2.17. The Morgan fingerprint density at radius 1 is 1.38 bits per heavy atom. The van der Waals surface area contributed by atoms with Crippen LogP contribution >= 0.6 is 35.7 Å². The van der Waals surface area contributed by atoms with Gasteiger partial charge in [-0.25, -0.2) is 0 Å². The van der Waals surface area contributed by atoms with Crippen molar-refractivity contribution in [3.8, 4) is 0 Å². The summed E-state index contributed by atoms with van der Waals surface area (Å²) in [5.74, 6) is 2.57. The maximum absolute atomic E-state index is 6.07. The second-order valence-corrected chi connectivity index (χ2v) is 6.62. The van der Waals surface area contributed by atoms with Crippen LogP contribution in [0.4, 0.5) is 0 Å². The maximum atomic E-state index is 6.07. The average Bonchev–Trinajstić information content (AvgIpc) is 2.48. The molecule has 1 unspecified atom stereocenters. The van der Waals surface area contributed by atoms with Crippen molar-refractivity contribution >= 4 is 41.7 Å². The minimum Gasteiger partial charge on any atom is -0.370 e. The lowest BCUT2D eigenvalue weighted by atomic mass is 10.0. The minimum absolute atomic E-state index is 0. The number of thioether (sulfide) groups is 1. The van der Waals surface area contributed by atoms with Crippen molar-refractivity contribution in [1.82, 2.24) is 4.90 Å². The van der Waals surface area contributed by atoms with Crippen LogP contribution in [0.2, 0.25) is 0 Å². The second kappa shape index (κ2) is 10.3. The van der Waals surface area contributed by atoms with Crippen LogP contribution in [0.3, 0.4) is 0 Å². The fourth-order valence-corrected chi connectivity index (χ4v) is 3.32. The van der Waals surface area contributed by atoms with Crippen molar-refractivity contribution < 1.29 is 0 Å². The molecular weight excluding hydrogens is 393 g/mol. The summed E-state index contributed by atoms with van der Waals surface area (Å²) >= 11 is 1.88. The van der Waals surface area contributed by atoms with Gasteiger partial charge in [0, 0.05) is 24.5 Å². The van der Waals surface area contributed by atoms with Crippen LogP contribution in [0.1, 0.15) is 26.2 Å². The summed E-state index contributed by atoms with van der Waals surface area (Å²) in [7, 11) is 0. The number of aliphatic imine (C=N–C) groups is 1. The van der Waals surface area contributed by atoms with E-state index < -0.39 is 0 Å². The summed E-state index contributed by atoms with van der Waals surface area (Å²) in [4.78, 5) is 8.08. The first-order chi connectivity index (χ1) is 9.75. The predicted molar refractivity (Wildman–Crippen MR) is 104 cm³/mol. The summed E-state index contributed by atoms with van der Waals surface area (Å²) in [5.41, 5.74) is 6.07. The molecule has 1 aromatic carbocycles. The summed E-state index contributed by atoms with van der Waals surface area (Å²) < 4.78 is 0. The number of hydrogen-bond donors (Lipinski definition) is 1. The van der Waals surface area contributed by atoms with Gasteiger partial charge >= 0.3 is 0 Å². The first kappa shape index (κ1) is 18.6. The van der Waals surface area contributed by atoms with Crippen LogP contribution in [0.25, 0.3) is 0 Å². The van der Waals surface area contributed by atoms with Gasteiger partial charge in [-0.05, 0) is 43.1 Å². The lowest BCUT2D eigenvalue weighted by Crippen LogP contribution is -2.43. The number of nitrogens with zero attached hydrogens (tertiary/aromatic N) is 2. The van der Waals surface area contributed by atoms with Crippen LogP contribution in [0, 0.1) is 5.92 Å². The molecule has 1 atom stereocenters. The molecule has 0 aromatic heterocycles. The molecule has 0 saturated carbocycles. The molecule has 0 radical (unpaired) electrons. The van der Waals surface area contributed by atoms with E-state index in [2.05, 4.69) is 47.1 Å². The van der Waals surface area contributed by atoms with E-state index in [0.717, 1.165) is 43.7 Å². The molecule has 3 nitrogen and oxygen atoms in total. The summed E-state index contributed by atoms with van der Waals surface area (Å²) in [6.45, 7) is 5.25. The van der Waals surface area contributed by atoms with Gasteiger partial charge in [0.05, 0.1) is 0 Å². The van der Waals surface area contributed by atoms with E-state index in [-0.39, 0.29) is 24.0 Å². The van der Waals surface area contributed by atoms with Crippen molar-refractivity contribution in [2.24, 2.45) is 16.6 Å². The molecule has 1 aliphatic heterocycles. The monoisotopic (exact) mass is 419 g/mol. The van der Waals surface area contributed by atoms with Crippen LogP contribution < -0.4 is 5.73 Å². The van der Waals surface area contributed by atoms with Gasteiger partial charge in [-0.1, -0.05) is 25.1 Å². The first-order valence-electron chi connectivity index (χ1n) is 7.48. The number of nitrogens with two attached hydrogens (primary N) is 1. The Balaban J connectivity index is 0.00000220. The van der Waals surface area contributed by atoms with Gasteiger partial charge in [0.2, 0.25) is 0 Å². The Bertz CT molecular complexity index is 425. The fraction of sp³-hybridized carbons (Fsp3) is 0.562. The molecule has 0 amide bonds. The Hall–Kier alpha value is -0.430. The van der Waals surface area contributed by atoms with E-state index in [9.17, 15) is 0 Å². The smallest absolute Gasteiger partial charge is 0.191 e. The molecule has 2 N–H and O–H groups in total. The van der Waals surface area contributed by atoms with Gasteiger partial charge < -0.3 is 10.6 Å². The second-order valence-electron chi connectivity index (χ2n) is 5.45. The molecule has 1 saturated heterocycles. The molecular formula is C16H26IN3S. The molecule has 21 heavy (non-hydrogen) atoms. The van der Waals surface area contributed by atoms with Crippen molar-refractivity contribution in [2.75, 3.05) is 25.4 Å². The normalized spacial score (nSPS) is 19.2. The minimum atomic E-state index is 0. The van der Waals surface area contributed by atoms with Crippen LogP contribution in [0.15, 0.2) is 40.2 Å². The fourth-order valence-electron chi connectivity index (χ4n) is 2.46. The number of piperidine rings is 1. The van der Waals surface area contributed by atoms with E-state index in [1.807, 2.05) is 11.8 Å². The Morgan fingerprint density at radius 3 is 2.86 bits per heavy atom. The Morgan fingerprint density at radius 2 is 2.14 bits per heavy atom. The summed E-state index contributed by atoms with van der Waals surface area (Å²) in [6.07, 6.45) is 3.63. The highest BCUT2D eigenvalue weighted by Crippen LogP contribution is 2.18. The molecule has 1 aliphatic rings. The van der Waals surface area contributed by atoms with E-state index in [0.29, 0.717) is 0 Å². The van der Waals surface area contributed by atoms with Crippen LogP contribution in [0.5, 0.6) is 0 Å². The average molecular weight is 419 g/mol. The zero-order valence-electron chi connectivity index (χ0n) is 12.7. The molecule has 2 rings (SSSR count). The lowest BCUT2D eigenvalue weighted by molar-refractivity contribution is 0.270. The zero-order chi connectivity index (χ0) is 14.2. The number of hydrogen-bond acceptors (Lipinski definition) is 2. The van der Waals surface area contributed by atoms with Gasteiger partial charge in [0.15, 0.2) is 5.96 Å². The first-order valence-corrected chi connectivity index (χ1v) is 8.47. The maximum Gasteiger partial charge on any atom is 0.191 e. The SMILES string of the molecule is CC1CCCN(C(N)=NCCCSc2ccccc2)C1.I. The number of benzene rings is 1. The molecule has 0 spiro atoms. The van der Waals surface area contributed by atoms with Gasteiger partial charge in [-0.3, -0.25) is 4.99 Å². The number of rotatable bonds is 5. The van der Waals surface area contributed by atoms with E-state index in [1.165, 1.54) is 17.7 Å². The van der Waals surface area contributed by atoms with Gasteiger partial charge in [-0.15, -0.1) is 35.7 Å². The van der Waals surface area contributed by atoms with Gasteiger partial charge in [0.25, 0.3) is 0 Å². The van der Waals surface area contributed by atoms with Crippen molar-refractivity contribution in [3.05, 3.63) is 30.3 Å². The number of guanidine groups is 1. The predicted octanol–water partition coefficient (Wildman–Crippen LogP) is 3.83. The standard InChI is InChI=1S/C16H25N3S.HI/c1-14-7-5-11-19(13-14)16(17)18-10-6-12-20-15-8-3-2-4-9-15;/h2-4,8-9,14H,5-7,10-13H2,1H3,(H2,17,18);1H. The highest BCUT2D eigenvalue weighted by molar-refractivity contribution is 14.0. The third-order valence-electron chi connectivity index (χ3n) is 3.57. The molecule has 5 heteroatoms. The van der Waals surface area contributed by atoms with Crippen LogP contribution in [-0.4, -0.2) is 36.2 Å². The summed E-state index contributed by atoms with van der Waals surface area (Å²) in [5, 5.41) is 0. The third-order valence-corrected chi connectivity index (χ3v) is 4.67. The molecule has 1 aromatic rings. The molecule has 0 bridgehead atoms. The van der Waals surface area contributed by atoms with E-state index >= 15 is 0 Å². The van der Waals surface area contributed by atoms with Crippen molar-refractivity contribution in [1.29, 1.82) is 0 Å². The van der Waals surface area contributed by atoms with Crippen molar-refractivity contribution in [3.63, 3.8) is 0 Å². The topological polar surface area (TPSA) is 41.6 Å². The van der Waals surface area contributed by atoms with E-state index in [4.69, 9.17) is 5.73 Å². The third kappa shape index (κ3) is 6.91. The zero-order valence-corrected chi connectivity index (χ0v) is 15.8. The quantitative estimate of drug-likeness (QED) is 0.259. The number of halogens is 1. The molecule has 118 valence electrons. The molecule has 1 fully saturated rings. The van der Waals surface area contributed by atoms with E-state index in [1.54, 1.807) is 0 Å². The molecule has 0 aliphatic carbocycles. The highest BCUT2D eigenvalue weighted by atomic mass is 127.